The van der Waals surface area contributed by atoms with Crippen molar-refractivity contribution < 1.29 is 14.6 Å². The van der Waals surface area contributed by atoms with Gasteiger partial charge in [-0.1, -0.05) is 12.6 Å². The second-order valence-corrected chi connectivity index (χ2v) is 5.78. The number of aromatic hydroxyl groups is 1. The number of nitrogens with two attached hydrogens (primary N) is 1. The predicted octanol–water partition coefficient (Wildman–Crippen LogP) is 2.90. The summed E-state index contributed by atoms with van der Waals surface area (Å²) in [5.74, 6) is 1.59. The lowest BCUT2D eigenvalue weighted by Crippen LogP contribution is -2.22. The Morgan fingerprint density at radius 2 is 2.19 bits per heavy atom. The smallest absolute Gasteiger partial charge is 0.161 e. The van der Waals surface area contributed by atoms with Crippen molar-refractivity contribution in [3.63, 3.8) is 0 Å². The molecule has 0 aliphatic carbocycles. The van der Waals surface area contributed by atoms with E-state index in [2.05, 4.69) is 12.8 Å². The number of benzene rings is 1. The van der Waals surface area contributed by atoms with Crippen molar-refractivity contribution in [1.82, 2.24) is 0 Å². The first kappa shape index (κ1) is 17.9. The molecule has 0 saturated heterocycles. The van der Waals surface area contributed by atoms with Crippen LogP contribution in [-0.4, -0.2) is 43.5 Å². The fraction of sp³-hybridized carbons (Fsp3) is 0.500. The van der Waals surface area contributed by atoms with Crippen molar-refractivity contribution in [2.24, 2.45) is 5.73 Å². The summed E-state index contributed by atoms with van der Waals surface area (Å²) in [6.45, 7) is 5.19. The number of hydrogen-bond acceptors (Lipinski definition) is 5. The molecule has 0 radical (unpaired) electrons. The minimum atomic E-state index is -0.0802. The second kappa shape index (κ2) is 9.71. The highest BCUT2D eigenvalue weighted by molar-refractivity contribution is 7.98. The molecule has 21 heavy (non-hydrogen) atoms. The molecule has 0 spiro atoms. The average molecular weight is 311 g/mol. The van der Waals surface area contributed by atoms with E-state index in [1.54, 1.807) is 31.0 Å². The third kappa shape index (κ3) is 5.99. The zero-order valence-corrected chi connectivity index (χ0v) is 13.6. The quantitative estimate of drug-likeness (QED) is 0.651. The lowest BCUT2D eigenvalue weighted by atomic mass is 9.98. The highest BCUT2D eigenvalue weighted by Crippen LogP contribution is 2.30. The first-order valence-electron chi connectivity index (χ1n) is 6.98. The van der Waals surface area contributed by atoms with Crippen molar-refractivity contribution in [3.05, 3.63) is 30.3 Å². The van der Waals surface area contributed by atoms with E-state index in [4.69, 9.17) is 15.2 Å². The van der Waals surface area contributed by atoms with Crippen molar-refractivity contribution in [3.8, 4) is 11.5 Å². The van der Waals surface area contributed by atoms with E-state index in [0.717, 1.165) is 29.7 Å². The van der Waals surface area contributed by atoms with E-state index in [9.17, 15) is 5.11 Å². The summed E-state index contributed by atoms with van der Waals surface area (Å²) in [7, 11) is 1.65. The molecule has 1 aromatic carbocycles. The van der Waals surface area contributed by atoms with Crippen LogP contribution in [0.5, 0.6) is 11.5 Å². The van der Waals surface area contributed by atoms with Crippen molar-refractivity contribution in [2.45, 2.75) is 18.9 Å². The normalized spacial score (nSPS) is 12.1. The van der Waals surface area contributed by atoms with Gasteiger partial charge in [-0.05, 0) is 41.7 Å². The lowest BCUT2D eigenvalue weighted by molar-refractivity contribution is 0.171. The Hall–Kier alpha value is -1.17. The van der Waals surface area contributed by atoms with Gasteiger partial charge in [-0.15, -0.1) is 0 Å². The van der Waals surface area contributed by atoms with Crippen LogP contribution < -0.4 is 10.5 Å². The molecular formula is C16H25NO3S. The Bertz CT molecular complexity index is 451. The van der Waals surface area contributed by atoms with Gasteiger partial charge >= 0.3 is 0 Å². The largest absolute Gasteiger partial charge is 0.504 e. The van der Waals surface area contributed by atoms with E-state index in [1.165, 1.54) is 0 Å². The second-order valence-electron chi connectivity index (χ2n) is 4.79. The molecule has 0 aliphatic rings. The van der Waals surface area contributed by atoms with Crippen LogP contribution in [0.25, 0.3) is 5.57 Å². The minimum Gasteiger partial charge on any atom is -0.504 e. The zero-order valence-electron chi connectivity index (χ0n) is 12.8. The molecular weight excluding hydrogens is 286 g/mol. The maximum Gasteiger partial charge on any atom is 0.161 e. The number of phenols is 1. The van der Waals surface area contributed by atoms with Crippen LogP contribution in [0.2, 0.25) is 0 Å². The Labute approximate surface area is 131 Å². The van der Waals surface area contributed by atoms with E-state index in [0.29, 0.717) is 19.0 Å². The van der Waals surface area contributed by atoms with Gasteiger partial charge in [-0.3, -0.25) is 0 Å². The van der Waals surface area contributed by atoms with Crippen LogP contribution in [0.15, 0.2) is 24.8 Å². The summed E-state index contributed by atoms with van der Waals surface area (Å²) in [6.07, 6.45) is 3.71. The van der Waals surface area contributed by atoms with Gasteiger partial charge in [-0.25, -0.2) is 0 Å². The maximum atomic E-state index is 9.83. The molecule has 3 N–H and O–H groups in total. The number of ether oxygens (including phenoxy) is 2. The SMILES string of the molecule is C=C(c1ccc(O)c(OCCCOC)c1)[C@@H](N)CCSC. The van der Waals surface area contributed by atoms with Gasteiger partial charge in [0.1, 0.15) is 0 Å². The summed E-state index contributed by atoms with van der Waals surface area (Å²) in [6, 6.07) is 5.15. The third-order valence-electron chi connectivity index (χ3n) is 3.16. The average Bonchev–Trinajstić information content (AvgIpc) is 2.50. The molecule has 0 bridgehead atoms. The highest BCUT2D eigenvalue weighted by atomic mass is 32.2. The van der Waals surface area contributed by atoms with Crippen LogP contribution in [0.1, 0.15) is 18.4 Å². The van der Waals surface area contributed by atoms with Gasteiger partial charge in [0.05, 0.1) is 6.61 Å². The monoisotopic (exact) mass is 311 g/mol. The molecule has 0 amide bonds. The minimum absolute atomic E-state index is 0.0802. The van der Waals surface area contributed by atoms with Crippen LogP contribution in [0.3, 0.4) is 0 Å². The lowest BCUT2D eigenvalue weighted by Gasteiger charge is -2.16. The zero-order chi connectivity index (χ0) is 15.7. The van der Waals surface area contributed by atoms with Gasteiger partial charge in [0.15, 0.2) is 11.5 Å². The summed E-state index contributed by atoms with van der Waals surface area (Å²) in [5.41, 5.74) is 7.90. The number of thioether (sulfide) groups is 1. The van der Waals surface area contributed by atoms with E-state index >= 15 is 0 Å². The highest BCUT2D eigenvalue weighted by Gasteiger charge is 2.12. The van der Waals surface area contributed by atoms with Crippen molar-refractivity contribution in [2.75, 3.05) is 32.3 Å². The first-order valence-corrected chi connectivity index (χ1v) is 8.38. The number of rotatable bonds is 10. The molecule has 0 fully saturated rings. The standard InChI is InChI=1S/C16H25NO3S/c1-12(14(17)7-10-21-3)13-5-6-15(18)16(11-13)20-9-4-8-19-2/h5-6,11,14,18H,1,4,7-10,17H2,2-3H3/t14-/m0/s1. The van der Waals surface area contributed by atoms with Gasteiger partial charge in [0.2, 0.25) is 0 Å². The Kier molecular flexibility index (Phi) is 8.27. The molecule has 0 aromatic heterocycles. The molecule has 5 heteroatoms. The van der Waals surface area contributed by atoms with Gasteiger partial charge in [0.25, 0.3) is 0 Å². The number of methoxy groups -OCH3 is 1. The van der Waals surface area contributed by atoms with Gasteiger partial charge in [-0.2, -0.15) is 11.8 Å². The van der Waals surface area contributed by atoms with Crippen LogP contribution in [0.4, 0.5) is 0 Å². The molecule has 0 unspecified atom stereocenters. The van der Waals surface area contributed by atoms with Crippen LogP contribution >= 0.6 is 11.8 Å². The summed E-state index contributed by atoms with van der Waals surface area (Å²) < 4.78 is 10.5. The van der Waals surface area contributed by atoms with E-state index in [1.807, 2.05) is 6.07 Å². The molecule has 4 nitrogen and oxygen atoms in total. The van der Waals surface area contributed by atoms with Gasteiger partial charge in [0, 0.05) is 26.2 Å². The van der Waals surface area contributed by atoms with Crippen LogP contribution in [-0.2, 0) is 4.74 Å². The molecule has 0 heterocycles. The Morgan fingerprint density at radius 1 is 1.43 bits per heavy atom. The first-order chi connectivity index (χ1) is 10.1. The molecule has 1 aromatic rings. The number of hydrogen-bond donors (Lipinski definition) is 2. The van der Waals surface area contributed by atoms with Gasteiger partial charge < -0.3 is 20.3 Å². The molecule has 1 atom stereocenters. The topological polar surface area (TPSA) is 64.7 Å². The summed E-state index contributed by atoms with van der Waals surface area (Å²) >= 11 is 1.77. The summed E-state index contributed by atoms with van der Waals surface area (Å²) in [5, 5.41) is 9.83. The Balaban J connectivity index is 2.69. The fourth-order valence-corrected chi connectivity index (χ4v) is 2.34. The van der Waals surface area contributed by atoms with E-state index < -0.39 is 0 Å². The molecule has 118 valence electrons. The molecule has 0 aliphatic heterocycles. The maximum absolute atomic E-state index is 9.83. The third-order valence-corrected chi connectivity index (χ3v) is 3.81. The Morgan fingerprint density at radius 3 is 2.86 bits per heavy atom. The molecule has 0 saturated carbocycles. The predicted molar refractivity (Wildman–Crippen MR) is 90.1 cm³/mol. The van der Waals surface area contributed by atoms with E-state index in [-0.39, 0.29) is 11.8 Å². The van der Waals surface area contributed by atoms with Crippen LogP contribution in [0, 0.1) is 0 Å². The number of phenolic OH excluding ortho intramolecular Hbond substituents is 1. The summed E-state index contributed by atoms with van der Waals surface area (Å²) in [4.78, 5) is 0. The van der Waals surface area contributed by atoms with Crippen molar-refractivity contribution in [1.29, 1.82) is 0 Å². The fourth-order valence-electron chi connectivity index (χ4n) is 1.85. The molecule has 1 rings (SSSR count). The van der Waals surface area contributed by atoms with Crippen molar-refractivity contribution >= 4 is 17.3 Å².